The predicted molar refractivity (Wildman–Crippen MR) is 87.1 cm³/mol. The zero-order valence-electron chi connectivity index (χ0n) is 12.5. The zero-order chi connectivity index (χ0) is 15.5. The van der Waals surface area contributed by atoms with Gasteiger partial charge >= 0.3 is 0 Å². The molecule has 1 aliphatic rings. The van der Waals surface area contributed by atoms with Crippen LogP contribution in [0, 0.1) is 0 Å². The van der Waals surface area contributed by atoms with E-state index < -0.39 is 10.0 Å². The van der Waals surface area contributed by atoms with Gasteiger partial charge in [-0.1, -0.05) is 30.7 Å². The zero-order valence-corrected chi connectivity index (χ0v) is 14.1. The number of benzene rings is 1. The molecule has 1 aromatic carbocycles. The van der Waals surface area contributed by atoms with Crippen LogP contribution in [-0.4, -0.2) is 38.1 Å². The van der Waals surface area contributed by atoms with E-state index in [0.717, 1.165) is 24.3 Å². The molecule has 1 atom stereocenters. The molecule has 1 aliphatic heterocycles. The Morgan fingerprint density at radius 3 is 2.57 bits per heavy atom. The second-order valence-electron chi connectivity index (χ2n) is 5.62. The third kappa shape index (κ3) is 4.68. The Bertz CT molecular complexity index is 569. The Morgan fingerprint density at radius 1 is 1.38 bits per heavy atom. The largest absolute Gasteiger partial charge is 0.307 e. The summed E-state index contributed by atoms with van der Waals surface area (Å²) in [5.74, 6) is 0. The lowest BCUT2D eigenvalue weighted by molar-refractivity contribution is 0.272. The average molecular weight is 331 g/mol. The van der Waals surface area contributed by atoms with E-state index in [0.29, 0.717) is 19.1 Å². The van der Waals surface area contributed by atoms with Crippen LogP contribution in [0.2, 0.25) is 5.02 Å². The first-order valence-electron chi connectivity index (χ1n) is 7.36. The Labute approximate surface area is 132 Å². The number of halogens is 1. The van der Waals surface area contributed by atoms with Gasteiger partial charge in [-0.15, -0.1) is 0 Å². The molecule has 1 fully saturated rings. The molecule has 2 rings (SSSR count). The fourth-order valence-corrected chi connectivity index (χ4v) is 3.88. The smallest absolute Gasteiger partial charge is 0.211 e. The Kier molecular flexibility index (Phi) is 5.66. The van der Waals surface area contributed by atoms with Crippen molar-refractivity contribution in [3.05, 3.63) is 34.9 Å². The number of nitrogens with one attached hydrogen (secondary N) is 1. The molecular weight excluding hydrogens is 308 g/mol. The first kappa shape index (κ1) is 16.7. The van der Waals surface area contributed by atoms with Crippen LogP contribution >= 0.6 is 11.6 Å². The van der Waals surface area contributed by atoms with Gasteiger partial charge in [0, 0.05) is 30.2 Å². The number of hydrogen-bond acceptors (Lipinski definition) is 3. The topological polar surface area (TPSA) is 49.4 Å². The van der Waals surface area contributed by atoms with Crippen LogP contribution in [0.5, 0.6) is 0 Å². The van der Waals surface area contributed by atoms with Crippen LogP contribution in [0.1, 0.15) is 37.8 Å². The fourth-order valence-electron chi connectivity index (χ4n) is 2.81. The van der Waals surface area contributed by atoms with Crippen LogP contribution in [0.4, 0.5) is 0 Å². The maximum atomic E-state index is 11.5. The number of hydrogen-bond donors (Lipinski definition) is 1. The van der Waals surface area contributed by atoms with Gasteiger partial charge < -0.3 is 5.32 Å². The third-order valence-electron chi connectivity index (χ3n) is 4.02. The van der Waals surface area contributed by atoms with Crippen molar-refractivity contribution in [1.82, 2.24) is 9.62 Å². The highest BCUT2D eigenvalue weighted by molar-refractivity contribution is 7.88. The van der Waals surface area contributed by atoms with Gasteiger partial charge in [0.15, 0.2) is 0 Å². The first-order chi connectivity index (χ1) is 9.90. The van der Waals surface area contributed by atoms with Crippen molar-refractivity contribution in [2.24, 2.45) is 0 Å². The van der Waals surface area contributed by atoms with Gasteiger partial charge in [0.25, 0.3) is 0 Å². The minimum Gasteiger partial charge on any atom is -0.307 e. The van der Waals surface area contributed by atoms with Crippen LogP contribution in [-0.2, 0) is 10.0 Å². The van der Waals surface area contributed by atoms with Gasteiger partial charge in [-0.3, -0.25) is 0 Å². The van der Waals surface area contributed by atoms with E-state index in [2.05, 4.69) is 18.3 Å². The predicted octanol–water partition coefficient (Wildman–Crippen LogP) is 2.80. The summed E-state index contributed by atoms with van der Waals surface area (Å²) in [7, 11) is -3.05. The van der Waals surface area contributed by atoms with Gasteiger partial charge in [0.1, 0.15) is 0 Å². The molecule has 0 amide bonds. The quantitative estimate of drug-likeness (QED) is 0.903. The first-order valence-corrected chi connectivity index (χ1v) is 9.59. The molecule has 0 saturated carbocycles. The van der Waals surface area contributed by atoms with Crippen molar-refractivity contribution in [1.29, 1.82) is 0 Å². The van der Waals surface area contributed by atoms with E-state index >= 15 is 0 Å². The number of sulfonamides is 1. The highest BCUT2D eigenvalue weighted by atomic mass is 35.5. The summed E-state index contributed by atoms with van der Waals surface area (Å²) >= 11 is 6.06. The number of rotatable bonds is 5. The summed E-state index contributed by atoms with van der Waals surface area (Å²) in [5, 5.41) is 4.39. The van der Waals surface area contributed by atoms with Crippen molar-refractivity contribution in [3.63, 3.8) is 0 Å². The van der Waals surface area contributed by atoms with Gasteiger partial charge in [-0.25, -0.2) is 12.7 Å². The molecule has 1 aromatic rings. The molecule has 0 spiro atoms. The van der Waals surface area contributed by atoms with Crippen molar-refractivity contribution >= 4 is 21.6 Å². The van der Waals surface area contributed by atoms with Gasteiger partial charge in [0.05, 0.1) is 6.26 Å². The Balaban J connectivity index is 1.95. The normalized spacial score (nSPS) is 19.6. The molecule has 6 heteroatoms. The second-order valence-corrected chi connectivity index (χ2v) is 8.04. The molecule has 0 bridgehead atoms. The molecule has 4 nitrogen and oxygen atoms in total. The summed E-state index contributed by atoms with van der Waals surface area (Å²) < 4.78 is 24.6. The maximum Gasteiger partial charge on any atom is 0.211 e. The van der Waals surface area contributed by atoms with Crippen LogP contribution in [0.25, 0.3) is 0 Å². The van der Waals surface area contributed by atoms with Crippen molar-refractivity contribution in [2.45, 2.75) is 38.3 Å². The summed E-state index contributed by atoms with van der Waals surface area (Å²) in [6.45, 7) is 3.34. The van der Waals surface area contributed by atoms with Crippen LogP contribution < -0.4 is 5.32 Å². The molecule has 118 valence electrons. The number of piperidine rings is 1. The highest BCUT2D eigenvalue weighted by Gasteiger charge is 2.26. The third-order valence-corrected chi connectivity index (χ3v) is 5.56. The summed E-state index contributed by atoms with van der Waals surface area (Å²) in [5.41, 5.74) is 1.19. The Morgan fingerprint density at radius 2 is 2.05 bits per heavy atom. The highest BCUT2D eigenvalue weighted by Crippen LogP contribution is 2.23. The second kappa shape index (κ2) is 7.09. The summed E-state index contributed by atoms with van der Waals surface area (Å²) in [6.07, 6.45) is 3.96. The molecule has 1 unspecified atom stereocenters. The van der Waals surface area contributed by atoms with Crippen molar-refractivity contribution < 1.29 is 8.42 Å². The van der Waals surface area contributed by atoms with E-state index in [9.17, 15) is 8.42 Å². The van der Waals surface area contributed by atoms with E-state index in [1.807, 2.05) is 18.2 Å². The van der Waals surface area contributed by atoms with Crippen LogP contribution in [0.15, 0.2) is 24.3 Å². The molecule has 1 N–H and O–H groups in total. The van der Waals surface area contributed by atoms with Gasteiger partial charge in [0.2, 0.25) is 10.0 Å². The SMILES string of the molecule is CCC(NC1CCN(S(C)(=O)=O)CC1)c1cccc(Cl)c1. The molecule has 0 aromatic heterocycles. The number of nitrogens with zero attached hydrogens (tertiary/aromatic N) is 1. The standard InChI is InChI=1S/C15H23ClN2O2S/c1-3-15(12-5-4-6-13(16)11-12)17-14-7-9-18(10-8-14)21(2,19)20/h4-6,11,14-15,17H,3,7-10H2,1-2H3. The lowest BCUT2D eigenvalue weighted by atomic mass is 10.00. The lowest BCUT2D eigenvalue weighted by Crippen LogP contribution is -2.45. The Hall–Kier alpha value is -0.620. The van der Waals surface area contributed by atoms with E-state index in [-0.39, 0.29) is 6.04 Å². The van der Waals surface area contributed by atoms with Gasteiger partial charge in [-0.2, -0.15) is 0 Å². The fraction of sp³-hybridized carbons (Fsp3) is 0.600. The lowest BCUT2D eigenvalue weighted by Gasteiger charge is -2.33. The van der Waals surface area contributed by atoms with Crippen molar-refractivity contribution in [2.75, 3.05) is 19.3 Å². The van der Waals surface area contributed by atoms with Crippen LogP contribution in [0.3, 0.4) is 0 Å². The molecule has 0 aliphatic carbocycles. The molecular formula is C15H23ClN2O2S. The van der Waals surface area contributed by atoms with Gasteiger partial charge in [-0.05, 0) is 37.0 Å². The average Bonchev–Trinajstić information content (AvgIpc) is 2.44. The maximum absolute atomic E-state index is 11.5. The molecule has 0 radical (unpaired) electrons. The molecule has 1 heterocycles. The summed E-state index contributed by atoms with van der Waals surface area (Å²) in [4.78, 5) is 0. The molecule has 21 heavy (non-hydrogen) atoms. The monoisotopic (exact) mass is 330 g/mol. The minimum absolute atomic E-state index is 0.262. The van der Waals surface area contributed by atoms with E-state index in [4.69, 9.17) is 11.6 Å². The molecule has 1 saturated heterocycles. The van der Waals surface area contributed by atoms with Crippen molar-refractivity contribution in [3.8, 4) is 0 Å². The minimum atomic E-state index is -3.05. The van der Waals surface area contributed by atoms with E-state index in [1.165, 1.54) is 11.8 Å². The summed E-state index contributed by atoms with van der Waals surface area (Å²) in [6, 6.07) is 8.54. The van der Waals surface area contributed by atoms with E-state index in [1.54, 1.807) is 4.31 Å².